The highest BCUT2D eigenvalue weighted by Crippen LogP contribution is 2.32. The van der Waals surface area contributed by atoms with Crippen LogP contribution in [0.1, 0.15) is 30.0 Å². The molecule has 1 amide bonds. The standard InChI is InChI=1S/C24H29N3O3/c28-24(27-10-4-5-11-27)23(20-6-2-1-3-7-20)26-14-12-25(13-15-26)17-19-8-9-21-22(16-19)30-18-29-21/h1-3,6-9,16,23H,4-5,10-15,17-18H2/p+2/t23-/m0/s1. The van der Waals surface area contributed by atoms with Crippen molar-refractivity contribution in [3.63, 3.8) is 0 Å². The first-order chi connectivity index (χ1) is 14.8. The number of carbonyl (C=O) groups is 1. The van der Waals surface area contributed by atoms with Gasteiger partial charge in [-0.05, 0) is 31.0 Å². The van der Waals surface area contributed by atoms with Gasteiger partial charge in [-0.2, -0.15) is 0 Å². The molecule has 2 aromatic rings. The van der Waals surface area contributed by atoms with Crippen molar-refractivity contribution in [1.82, 2.24) is 4.90 Å². The van der Waals surface area contributed by atoms with Crippen LogP contribution in [-0.2, 0) is 11.3 Å². The van der Waals surface area contributed by atoms with E-state index >= 15 is 0 Å². The number of piperazine rings is 1. The Kier molecular flexibility index (Phi) is 5.60. The Bertz CT molecular complexity index is 875. The molecule has 5 rings (SSSR count). The second-order valence-corrected chi connectivity index (χ2v) is 8.65. The maximum atomic E-state index is 13.4. The van der Waals surface area contributed by atoms with Crippen molar-refractivity contribution >= 4 is 5.91 Å². The van der Waals surface area contributed by atoms with Crippen LogP contribution in [0.2, 0.25) is 0 Å². The molecule has 2 fully saturated rings. The van der Waals surface area contributed by atoms with Crippen LogP contribution in [0.25, 0.3) is 0 Å². The van der Waals surface area contributed by atoms with E-state index in [9.17, 15) is 4.79 Å². The predicted molar refractivity (Wildman–Crippen MR) is 113 cm³/mol. The number of benzene rings is 2. The first-order valence-corrected chi connectivity index (χ1v) is 11.2. The Hall–Kier alpha value is -2.57. The molecule has 6 nitrogen and oxygen atoms in total. The molecule has 6 heteroatoms. The number of fused-ring (bicyclic) bond motifs is 1. The van der Waals surface area contributed by atoms with E-state index in [2.05, 4.69) is 41.3 Å². The van der Waals surface area contributed by atoms with E-state index < -0.39 is 0 Å². The number of rotatable bonds is 5. The molecule has 3 aliphatic heterocycles. The second kappa shape index (κ2) is 8.66. The Morgan fingerprint density at radius 3 is 2.43 bits per heavy atom. The Labute approximate surface area is 178 Å². The molecular weight excluding hydrogens is 378 g/mol. The van der Waals surface area contributed by atoms with Crippen LogP contribution in [0.15, 0.2) is 48.5 Å². The van der Waals surface area contributed by atoms with E-state index in [1.807, 2.05) is 12.1 Å². The molecule has 0 bridgehead atoms. The molecule has 0 saturated carbocycles. The summed E-state index contributed by atoms with van der Waals surface area (Å²) in [5, 5.41) is 0. The lowest BCUT2D eigenvalue weighted by Crippen LogP contribution is -3.28. The average molecular weight is 410 g/mol. The second-order valence-electron chi connectivity index (χ2n) is 8.65. The Morgan fingerprint density at radius 1 is 0.933 bits per heavy atom. The number of carbonyl (C=O) groups excluding carboxylic acids is 1. The highest BCUT2D eigenvalue weighted by molar-refractivity contribution is 5.82. The van der Waals surface area contributed by atoms with Gasteiger partial charge in [0.25, 0.3) is 5.91 Å². The lowest BCUT2D eigenvalue weighted by atomic mass is 10.0. The first kappa shape index (κ1) is 19.4. The molecule has 30 heavy (non-hydrogen) atoms. The number of hydrogen-bond acceptors (Lipinski definition) is 3. The molecule has 0 aromatic heterocycles. The van der Waals surface area contributed by atoms with Crippen LogP contribution in [0.3, 0.4) is 0 Å². The Balaban J connectivity index is 1.25. The summed E-state index contributed by atoms with van der Waals surface area (Å²) in [6, 6.07) is 16.6. The fourth-order valence-corrected chi connectivity index (χ4v) is 5.05. The van der Waals surface area contributed by atoms with Crippen molar-refractivity contribution in [3.8, 4) is 11.5 Å². The summed E-state index contributed by atoms with van der Waals surface area (Å²) in [4.78, 5) is 18.5. The molecule has 3 heterocycles. The van der Waals surface area contributed by atoms with Gasteiger partial charge in [-0.3, -0.25) is 4.79 Å². The van der Waals surface area contributed by atoms with E-state index in [0.717, 1.165) is 75.7 Å². The van der Waals surface area contributed by atoms with E-state index in [1.165, 1.54) is 10.5 Å². The third-order valence-electron chi connectivity index (χ3n) is 6.70. The number of nitrogens with one attached hydrogen (secondary N) is 2. The normalized spacial score (nSPS) is 24.1. The number of hydrogen-bond donors (Lipinski definition) is 2. The van der Waals surface area contributed by atoms with E-state index in [1.54, 1.807) is 4.90 Å². The van der Waals surface area contributed by atoms with Gasteiger partial charge in [0.15, 0.2) is 17.5 Å². The van der Waals surface area contributed by atoms with Gasteiger partial charge < -0.3 is 24.2 Å². The molecule has 1 atom stereocenters. The van der Waals surface area contributed by atoms with Gasteiger partial charge in [0, 0.05) is 24.2 Å². The number of quaternary nitrogens is 2. The summed E-state index contributed by atoms with van der Waals surface area (Å²) >= 11 is 0. The minimum atomic E-state index is -0.0728. The number of likely N-dealkylation sites (tertiary alicyclic amines) is 1. The van der Waals surface area contributed by atoms with Crippen LogP contribution in [-0.4, -0.2) is 56.9 Å². The van der Waals surface area contributed by atoms with E-state index in [0.29, 0.717) is 12.7 Å². The van der Waals surface area contributed by atoms with Gasteiger partial charge in [-0.25, -0.2) is 0 Å². The van der Waals surface area contributed by atoms with Crippen LogP contribution in [0.4, 0.5) is 0 Å². The average Bonchev–Trinajstić information content (AvgIpc) is 3.48. The largest absolute Gasteiger partial charge is 0.454 e. The highest BCUT2D eigenvalue weighted by atomic mass is 16.7. The summed E-state index contributed by atoms with van der Waals surface area (Å²) in [7, 11) is 0. The lowest BCUT2D eigenvalue weighted by Gasteiger charge is -2.35. The lowest BCUT2D eigenvalue weighted by molar-refractivity contribution is -1.03. The van der Waals surface area contributed by atoms with Crippen LogP contribution in [0, 0.1) is 0 Å². The van der Waals surface area contributed by atoms with Gasteiger partial charge in [-0.1, -0.05) is 30.3 Å². The number of nitrogens with zero attached hydrogens (tertiary/aromatic N) is 1. The van der Waals surface area contributed by atoms with Crippen molar-refractivity contribution in [3.05, 3.63) is 59.7 Å². The molecule has 3 aliphatic rings. The van der Waals surface area contributed by atoms with Crippen molar-refractivity contribution in [2.45, 2.75) is 25.4 Å². The summed E-state index contributed by atoms with van der Waals surface area (Å²) in [6.45, 7) is 7.30. The maximum absolute atomic E-state index is 13.4. The maximum Gasteiger partial charge on any atom is 0.285 e. The van der Waals surface area contributed by atoms with Gasteiger partial charge in [0.05, 0.1) is 0 Å². The van der Waals surface area contributed by atoms with Crippen molar-refractivity contribution in [2.75, 3.05) is 46.1 Å². The summed E-state index contributed by atoms with van der Waals surface area (Å²) in [6.07, 6.45) is 2.27. The highest BCUT2D eigenvalue weighted by Gasteiger charge is 2.38. The molecule has 2 aromatic carbocycles. The quantitative estimate of drug-likeness (QED) is 0.735. The van der Waals surface area contributed by atoms with Gasteiger partial charge in [0.2, 0.25) is 6.79 Å². The molecule has 0 aliphatic carbocycles. The van der Waals surface area contributed by atoms with E-state index in [-0.39, 0.29) is 6.04 Å². The molecule has 158 valence electrons. The van der Waals surface area contributed by atoms with Crippen LogP contribution in [0.5, 0.6) is 11.5 Å². The minimum absolute atomic E-state index is 0.0728. The number of ether oxygens (including phenoxy) is 2. The zero-order chi connectivity index (χ0) is 20.3. The summed E-state index contributed by atoms with van der Waals surface area (Å²) in [5.41, 5.74) is 2.44. The molecule has 0 spiro atoms. The third kappa shape index (κ3) is 4.02. The van der Waals surface area contributed by atoms with E-state index in [4.69, 9.17) is 9.47 Å². The molecular formula is C24H31N3O3+2. The van der Waals surface area contributed by atoms with Crippen LogP contribution < -0.4 is 19.3 Å². The zero-order valence-electron chi connectivity index (χ0n) is 17.4. The van der Waals surface area contributed by atoms with Crippen molar-refractivity contribution < 1.29 is 24.1 Å². The Morgan fingerprint density at radius 2 is 1.67 bits per heavy atom. The molecule has 0 radical (unpaired) electrons. The smallest absolute Gasteiger partial charge is 0.285 e. The fraction of sp³-hybridized carbons (Fsp3) is 0.458. The van der Waals surface area contributed by atoms with Crippen LogP contribution >= 0.6 is 0 Å². The fourth-order valence-electron chi connectivity index (χ4n) is 5.05. The first-order valence-electron chi connectivity index (χ1n) is 11.2. The van der Waals surface area contributed by atoms with Crippen molar-refractivity contribution in [2.24, 2.45) is 0 Å². The molecule has 2 N–H and O–H groups in total. The van der Waals surface area contributed by atoms with Crippen molar-refractivity contribution in [1.29, 1.82) is 0 Å². The number of amides is 1. The van der Waals surface area contributed by atoms with Gasteiger partial charge >= 0.3 is 0 Å². The minimum Gasteiger partial charge on any atom is -0.454 e. The van der Waals surface area contributed by atoms with Gasteiger partial charge in [0.1, 0.15) is 32.7 Å². The summed E-state index contributed by atoms with van der Waals surface area (Å²) < 4.78 is 10.9. The monoisotopic (exact) mass is 409 g/mol. The molecule has 2 saturated heterocycles. The summed E-state index contributed by atoms with van der Waals surface area (Å²) in [5.74, 6) is 2.01. The third-order valence-corrected chi connectivity index (χ3v) is 6.70. The topological polar surface area (TPSA) is 47.7 Å². The molecule has 0 unspecified atom stereocenters. The predicted octanol–water partition coefficient (Wildman–Crippen LogP) is 0.0624. The van der Waals surface area contributed by atoms with Gasteiger partial charge in [-0.15, -0.1) is 0 Å². The SMILES string of the molecule is O=C([C@H](c1ccccc1)[NH+]1CC[NH+](Cc2ccc3c(c2)OCO3)CC1)N1CCCC1. The zero-order valence-corrected chi connectivity index (χ0v) is 17.4.